The first kappa shape index (κ1) is 14.6. The maximum Gasteiger partial charge on any atom is 0.931 e. The summed E-state index contributed by atoms with van der Waals surface area (Å²) in [6.45, 7) is 0. The van der Waals surface area contributed by atoms with Gasteiger partial charge in [-0.1, -0.05) is 42.5 Å². The fourth-order valence-electron chi connectivity index (χ4n) is 3.20. The van der Waals surface area contributed by atoms with E-state index in [4.69, 9.17) is 12.0 Å². The molecule has 0 aliphatic carbocycles. The molecule has 2 heterocycles. The van der Waals surface area contributed by atoms with Gasteiger partial charge in [-0.05, 0) is 30.3 Å². The number of benzene rings is 3. The van der Waals surface area contributed by atoms with Crippen LogP contribution in [-0.2, 0) is 5.41 Å². The maximum absolute atomic E-state index is 6.29. The average Bonchev–Trinajstić information content (AvgIpc) is 2.94. The second kappa shape index (κ2) is 5.96. The Morgan fingerprint density at radius 2 is 1.60 bits per heavy atom. The Hall–Kier alpha value is -2.74. The van der Waals surface area contributed by atoms with Gasteiger partial charge in [0.2, 0.25) is 5.58 Å². The summed E-state index contributed by atoms with van der Waals surface area (Å²) in [5, 5.41) is 0.677. The Morgan fingerprint density at radius 1 is 0.840 bits per heavy atom. The Morgan fingerprint density at radius 3 is 2.52 bits per heavy atom. The van der Waals surface area contributed by atoms with E-state index in [0.717, 1.165) is 34.1 Å². The van der Waals surface area contributed by atoms with Crippen molar-refractivity contribution in [2.45, 2.75) is 5.41 Å². The van der Waals surface area contributed by atoms with E-state index in [9.17, 15) is 0 Å². The molecule has 120 valence electrons. The molecule has 4 aromatic rings. The van der Waals surface area contributed by atoms with Crippen molar-refractivity contribution in [3.63, 3.8) is 0 Å². The Bertz CT molecular complexity index is 1050. The van der Waals surface area contributed by atoms with Crippen LogP contribution >= 0.6 is 0 Å². The standard InChI is InChI=1S/C14H11NO2.C6H6O.Al/c1-15-11-7-3-5-9-13(11)17-14(15)10-6-2-4-8-12(10)16;7-6-4-2-1-3-5-6;/h2-9,16H,1H2;1-5,7H;/q+1;;+2/p-2. The lowest BCUT2D eigenvalue weighted by atomic mass is 10.2. The van der Waals surface area contributed by atoms with Crippen LogP contribution in [0.3, 0.4) is 0 Å². The zero-order chi connectivity index (χ0) is 16.6. The second-order valence-corrected chi connectivity index (χ2v) is 7.66. The minimum Gasteiger partial charge on any atom is -0.609 e. The van der Waals surface area contributed by atoms with Crippen molar-refractivity contribution in [1.82, 2.24) is 0 Å². The molecule has 1 aromatic heterocycles. The van der Waals surface area contributed by atoms with Crippen LogP contribution in [0.15, 0.2) is 83.3 Å². The molecular weight excluding hydrogens is 329 g/mol. The van der Waals surface area contributed by atoms with E-state index in [1.807, 2.05) is 72.8 Å². The molecule has 4 nitrogen and oxygen atoms in total. The molecule has 5 heteroatoms. The van der Waals surface area contributed by atoms with Gasteiger partial charge in [0.1, 0.15) is 11.3 Å². The number of para-hydroxylation sites is 4. The summed E-state index contributed by atoms with van der Waals surface area (Å²) >= 11 is -2.04. The fraction of sp³-hybridized carbons (Fsp3) is 0.0500. The number of hydrogen-bond donors (Lipinski definition) is 0. The number of nitrogens with zero attached hydrogens (tertiary/aromatic N) is 1. The molecule has 1 aliphatic rings. The summed E-state index contributed by atoms with van der Waals surface area (Å²) < 4.78 is 20.8. The molecule has 5 rings (SSSR count). The highest BCUT2D eigenvalue weighted by atomic mass is 27.2. The quantitative estimate of drug-likeness (QED) is 0.409. The second-order valence-electron chi connectivity index (χ2n) is 5.96. The van der Waals surface area contributed by atoms with Crippen molar-refractivity contribution in [1.29, 1.82) is 0 Å². The van der Waals surface area contributed by atoms with Gasteiger partial charge in [0.05, 0.1) is 5.75 Å². The maximum atomic E-state index is 6.29. The van der Waals surface area contributed by atoms with Crippen molar-refractivity contribution < 1.29 is 16.6 Å². The minimum atomic E-state index is -2.04. The highest BCUT2D eigenvalue weighted by Crippen LogP contribution is 2.33. The van der Waals surface area contributed by atoms with Gasteiger partial charge >= 0.3 is 20.7 Å². The number of oxazole rings is 1. The van der Waals surface area contributed by atoms with Crippen molar-refractivity contribution in [3.8, 4) is 23.0 Å². The normalized spacial score (nSPS) is 12.9. The first-order chi connectivity index (χ1) is 12.4. The molecule has 0 atom stereocenters. The summed E-state index contributed by atoms with van der Waals surface area (Å²) in [6, 6.07) is 25.9. The molecule has 0 amide bonds. The van der Waals surface area contributed by atoms with Gasteiger partial charge in [0.15, 0.2) is 5.41 Å². The molecule has 25 heavy (non-hydrogen) atoms. The molecule has 0 saturated carbocycles. The Kier molecular flexibility index (Phi) is 3.48. The van der Waals surface area contributed by atoms with Crippen LogP contribution in [0.1, 0.15) is 0 Å². The van der Waals surface area contributed by atoms with Crippen LogP contribution in [0.5, 0.6) is 11.5 Å². The summed E-state index contributed by atoms with van der Waals surface area (Å²) in [5.74, 6) is 2.48. The van der Waals surface area contributed by atoms with Crippen LogP contribution in [-0.4, -0.2) is 14.8 Å². The molecule has 0 bridgehead atoms. The number of fused-ring (bicyclic) bond motifs is 5. The van der Waals surface area contributed by atoms with E-state index in [0.29, 0.717) is 5.41 Å². The lowest BCUT2D eigenvalue weighted by molar-refractivity contribution is -0.648. The lowest BCUT2D eigenvalue weighted by Gasteiger charge is -2.13. The van der Waals surface area contributed by atoms with Gasteiger partial charge < -0.3 is 12.0 Å². The summed E-state index contributed by atoms with van der Waals surface area (Å²) in [6.07, 6.45) is 0. The molecule has 0 fully saturated rings. The fourth-order valence-corrected chi connectivity index (χ4v) is 5.01. The average molecular weight is 344 g/mol. The number of hydrogen-bond acceptors (Lipinski definition) is 3. The van der Waals surface area contributed by atoms with Gasteiger partial charge in [-0.15, -0.1) is 0 Å². The van der Waals surface area contributed by atoms with Gasteiger partial charge in [-0.3, -0.25) is 0 Å². The van der Waals surface area contributed by atoms with Gasteiger partial charge in [0.25, 0.3) is 5.52 Å². The molecule has 1 aliphatic heterocycles. The van der Waals surface area contributed by atoms with Crippen LogP contribution in [0.25, 0.3) is 22.6 Å². The summed E-state index contributed by atoms with van der Waals surface area (Å²) in [5.41, 5.74) is 2.90. The first-order valence-corrected chi connectivity index (χ1v) is 10.0. The van der Waals surface area contributed by atoms with E-state index in [1.165, 1.54) is 0 Å². The van der Waals surface area contributed by atoms with E-state index in [1.54, 1.807) is 0 Å². The molecular formula is C20H15AlNO3+. The van der Waals surface area contributed by atoms with Crippen LogP contribution in [0.4, 0.5) is 0 Å². The zero-order valence-corrected chi connectivity index (χ0v) is 14.6. The molecule has 0 saturated heterocycles. The van der Waals surface area contributed by atoms with Gasteiger partial charge in [-0.25, -0.2) is 0 Å². The van der Waals surface area contributed by atoms with Gasteiger partial charge in [0, 0.05) is 6.07 Å². The third kappa shape index (κ3) is 2.58. The van der Waals surface area contributed by atoms with Crippen molar-refractivity contribution in [2.24, 2.45) is 0 Å². The monoisotopic (exact) mass is 344 g/mol. The molecule has 0 radical (unpaired) electrons. The highest BCUT2D eigenvalue weighted by molar-refractivity contribution is 6.44. The largest absolute Gasteiger partial charge is 0.931 e. The van der Waals surface area contributed by atoms with Crippen molar-refractivity contribution >= 4 is 25.9 Å². The zero-order valence-electron chi connectivity index (χ0n) is 13.5. The van der Waals surface area contributed by atoms with E-state index in [2.05, 4.69) is 10.6 Å². The molecule has 3 aromatic carbocycles. The third-order valence-electron chi connectivity index (χ3n) is 4.33. The summed E-state index contributed by atoms with van der Waals surface area (Å²) in [4.78, 5) is 0. The minimum absolute atomic E-state index is 0.677. The van der Waals surface area contributed by atoms with Crippen LogP contribution in [0, 0.1) is 0 Å². The van der Waals surface area contributed by atoms with Crippen LogP contribution in [0.2, 0.25) is 0 Å². The molecule has 0 N–H and O–H groups in total. The van der Waals surface area contributed by atoms with E-state index >= 15 is 0 Å². The lowest BCUT2D eigenvalue weighted by Crippen LogP contribution is -2.47. The predicted molar refractivity (Wildman–Crippen MR) is 95.3 cm³/mol. The number of aromatic nitrogens is 1. The summed E-state index contributed by atoms with van der Waals surface area (Å²) in [7, 11) is 0. The Labute approximate surface area is 149 Å². The first-order valence-electron chi connectivity index (χ1n) is 8.27. The van der Waals surface area contributed by atoms with Crippen LogP contribution < -0.4 is 12.1 Å². The SMILES string of the molecule is c1ccc([O][Al]2[CH2][n+]3c(oc4ccccc43)-c3ccccc3[O]2)cc1. The van der Waals surface area contributed by atoms with E-state index in [-0.39, 0.29) is 0 Å². The molecule has 0 spiro atoms. The number of rotatable bonds is 2. The topological polar surface area (TPSA) is 35.5 Å². The Balaban J connectivity index is 1.65. The van der Waals surface area contributed by atoms with Gasteiger partial charge in [-0.2, -0.15) is 4.57 Å². The van der Waals surface area contributed by atoms with Crippen molar-refractivity contribution in [3.05, 3.63) is 78.9 Å². The smallest absolute Gasteiger partial charge is 0.609 e. The van der Waals surface area contributed by atoms with Crippen molar-refractivity contribution in [2.75, 3.05) is 0 Å². The van der Waals surface area contributed by atoms with E-state index < -0.39 is 14.8 Å². The third-order valence-corrected chi connectivity index (χ3v) is 6.04. The highest BCUT2D eigenvalue weighted by Gasteiger charge is 2.46. The predicted octanol–water partition coefficient (Wildman–Crippen LogP) is 3.89. The molecule has 0 unspecified atom stereocenters.